The molecule has 0 aliphatic rings. The molecule has 0 aliphatic heterocycles. The van der Waals surface area contributed by atoms with E-state index in [-0.39, 0.29) is 11.4 Å². The summed E-state index contributed by atoms with van der Waals surface area (Å²) in [5, 5.41) is 10.7. The lowest BCUT2D eigenvalue weighted by Gasteiger charge is -2.14. The first-order chi connectivity index (χ1) is 13.1. The Morgan fingerprint density at radius 1 is 0.926 bits per heavy atom. The maximum Gasteiger partial charge on any atom is 0.272 e. The Bertz CT molecular complexity index is 944. The van der Waals surface area contributed by atoms with Crippen molar-refractivity contribution >= 4 is 5.69 Å². The first-order valence-electron chi connectivity index (χ1n) is 8.48. The van der Waals surface area contributed by atoms with Gasteiger partial charge in [-0.25, -0.2) is 4.39 Å². The summed E-state index contributed by atoms with van der Waals surface area (Å²) >= 11 is 0. The summed E-state index contributed by atoms with van der Waals surface area (Å²) in [6.45, 7) is 2.36. The van der Waals surface area contributed by atoms with Gasteiger partial charge in [0.15, 0.2) is 23.1 Å². The van der Waals surface area contributed by atoms with Gasteiger partial charge < -0.3 is 9.47 Å². The lowest BCUT2D eigenvalue weighted by Crippen LogP contribution is -1.99. The van der Waals surface area contributed by atoms with Crippen LogP contribution in [0.15, 0.2) is 66.7 Å². The van der Waals surface area contributed by atoms with E-state index in [1.54, 1.807) is 6.07 Å². The molecule has 0 aliphatic carbocycles. The van der Waals surface area contributed by atoms with E-state index in [2.05, 4.69) is 0 Å². The van der Waals surface area contributed by atoms with E-state index >= 15 is 0 Å². The van der Waals surface area contributed by atoms with Gasteiger partial charge in [0.25, 0.3) is 5.69 Å². The summed E-state index contributed by atoms with van der Waals surface area (Å²) in [6.07, 6.45) is 0.813. The van der Waals surface area contributed by atoms with Gasteiger partial charge in [0.05, 0.1) is 11.0 Å². The molecule has 0 spiro atoms. The largest absolute Gasteiger partial charge is 0.485 e. The molecule has 5 nitrogen and oxygen atoms in total. The Morgan fingerprint density at radius 3 is 2.33 bits per heavy atom. The predicted octanol–water partition coefficient (Wildman–Crippen LogP) is 5.67. The van der Waals surface area contributed by atoms with Gasteiger partial charge in [-0.15, -0.1) is 0 Å². The van der Waals surface area contributed by atoms with Gasteiger partial charge in [-0.3, -0.25) is 10.1 Å². The Morgan fingerprint density at radius 2 is 1.67 bits per heavy atom. The maximum absolute atomic E-state index is 14.2. The van der Waals surface area contributed by atoms with E-state index in [1.807, 2.05) is 49.4 Å². The molecule has 3 rings (SSSR count). The average molecular weight is 367 g/mol. The van der Waals surface area contributed by atoms with Gasteiger partial charge in [-0.05, 0) is 35.7 Å². The molecule has 6 heteroatoms. The molecule has 0 unspecified atom stereocenters. The number of aryl methyl sites for hydroxylation is 1. The van der Waals surface area contributed by atoms with Crippen LogP contribution in [0.2, 0.25) is 0 Å². The van der Waals surface area contributed by atoms with E-state index in [1.165, 1.54) is 12.1 Å². The molecule has 0 radical (unpaired) electrons. The predicted molar refractivity (Wildman–Crippen MR) is 99.7 cm³/mol. The van der Waals surface area contributed by atoms with Crippen LogP contribution in [-0.4, -0.2) is 4.92 Å². The number of rotatable bonds is 7. The molecular formula is C21H18FNO4. The van der Waals surface area contributed by atoms with Crippen molar-refractivity contribution in [3.05, 3.63) is 93.8 Å². The SMILES string of the molecule is CCc1ccc(Oc2ccc([N+](=O)[O-])cc2F)c(OCc2ccccc2)c1. The third-order valence-electron chi connectivity index (χ3n) is 4.00. The van der Waals surface area contributed by atoms with Crippen molar-refractivity contribution < 1.29 is 18.8 Å². The normalized spacial score (nSPS) is 10.4. The fourth-order valence-corrected chi connectivity index (χ4v) is 2.51. The molecule has 0 amide bonds. The van der Waals surface area contributed by atoms with Gasteiger partial charge in [0, 0.05) is 6.07 Å². The zero-order valence-electron chi connectivity index (χ0n) is 14.7. The van der Waals surface area contributed by atoms with Crippen LogP contribution in [0.3, 0.4) is 0 Å². The minimum atomic E-state index is -0.808. The van der Waals surface area contributed by atoms with Crippen molar-refractivity contribution in [2.45, 2.75) is 20.0 Å². The van der Waals surface area contributed by atoms with Crippen molar-refractivity contribution in [2.24, 2.45) is 0 Å². The van der Waals surface area contributed by atoms with Gasteiger partial charge >= 0.3 is 0 Å². The summed E-state index contributed by atoms with van der Waals surface area (Å²) in [5.41, 5.74) is 1.71. The highest BCUT2D eigenvalue weighted by Crippen LogP contribution is 2.35. The Hall–Kier alpha value is -3.41. The topological polar surface area (TPSA) is 61.6 Å². The van der Waals surface area contributed by atoms with Gasteiger partial charge in [0.2, 0.25) is 0 Å². The fourth-order valence-electron chi connectivity index (χ4n) is 2.51. The van der Waals surface area contributed by atoms with E-state index in [0.29, 0.717) is 18.1 Å². The highest BCUT2D eigenvalue weighted by molar-refractivity contribution is 5.47. The Labute approximate surface area is 156 Å². The fraction of sp³-hybridized carbons (Fsp3) is 0.143. The highest BCUT2D eigenvalue weighted by atomic mass is 19.1. The Balaban J connectivity index is 1.85. The second kappa shape index (κ2) is 8.31. The minimum Gasteiger partial charge on any atom is -0.485 e. The number of nitro groups is 1. The lowest BCUT2D eigenvalue weighted by molar-refractivity contribution is -0.385. The van der Waals surface area contributed by atoms with Gasteiger partial charge in [-0.2, -0.15) is 0 Å². The van der Waals surface area contributed by atoms with Crippen molar-refractivity contribution in [3.8, 4) is 17.2 Å². The zero-order valence-corrected chi connectivity index (χ0v) is 14.7. The van der Waals surface area contributed by atoms with Crippen molar-refractivity contribution in [1.29, 1.82) is 0 Å². The smallest absolute Gasteiger partial charge is 0.272 e. The average Bonchev–Trinajstić information content (AvgIpc) is 2.69. The molecule has 0 saturated heterocycles. The number of nitro benzene ring substituents is 1. The minimum absolute atomic E-state index is 0.102. The summed E-state index contributed by atoms with van der Waals surface area (Å²) in [7, 11) is 0. The van der Waals surface area contributed by atoms with Crippen LogP contribution in [0.4, 0.5) is 10.1 Å². The second-order valence-corrected chi connectivity index (χ2v) is 5.88. The quantitative estimate of drug-likeness (QED) is 0.399. The first kappa shape index (κ1) is 18.4. The van der Waals surface area contributed by atoms with Gasteiger partial charge in [0.1, 0.15) is 6.61 Å². The molecule has 0 saturated carbocycles. The summed E-state index contributed by atoms with van der Waals surface area (Å²) in [6, 6.07) is 18.4. The number of non-ortho nitro benzene ring substituents is 1. The van der Waals surface area contributed by atoms with Crippen LogP contribution in [0.1, 0.15) is 18.1 Å². The van der Waals surface area contributed by atoms with E-state index in [0.717, 1.165) is 23.6 Å². The van der Waals surface area contributed by atoms with Crippen LogP contribution in [0.25, 0.3) is 0 Å². The highest BCUT2D eigenvalue weighted by Gasteiger charge is 2.15. The first-order valence-corrected chi connectivity index (χ1v) is 8.48. The summed E-state index contributed by atoms with van der Waals surface area (Å²) < 4.78 is 25.7. The molecule has 27 heavy (non-hydrogen) atoms. The summed E-state index contributed by atoms with van der Waals surface area (Å²) in [4.78, 5) is 10.1. The molecule has 138 valence electrons. The van der Waals surface area contributed by atoms with Crippen molar-refractivity contribution in [1.82, 2.24) is 0 Å². The second-order valence-electron chi connectivity index (χ2n) is 5.88. The number of hydrogen-bond donors (Lipinski definition) is 0. The van der Waals surface area contributed by atoms with Crippen molar-refractivity contribution in [3.63, 3.8) is 0 Å². The molecular weight excluding hydrogens is 349 g/mol. The lowest BCUT2D eigenvalue weighted by atomic mass is 10.1. The molecule has 0 aromatic heterocycles. The van der Waals surface area contributed by atoms with Crippen LogP contribution < -0.4 is 9.47 Å². The molecule has 0 N–H and O–H groups in total. The number of ether oxygens (including phenoxy) is 2. The third-order valence-corrected chi connectivity index (χ3v) is 4.00. The number of nitrogens with zero attached hydrogens (tertiary/aromatic N) is 1. The standard InChI is InChI=1S/C21H18FNO4/c1-2-15-8-10-20(21(12-15)26-14-16-6-4-3-5-7-16)27-19-11-9-17(23(24)25)13-18(19)22/h3-13H,2,14H2,1H3. The summed E-state index contributed by atoms with van der Waals surface area (Å²) in [5.74, 6) is -0.0842. The van der Waals surface area contributed by atoms with E-state index < -0.39 is 10.7 Å². The number of hydrogen-bond acceptors (Lipinski definition) is 4. The molecule has 0 heterocycles. The number of halogens is 1. The molecule has 0 fully saturated rings. The van der Waals surface area contributed by atoms with Crippen LogP contribution in [-0.2, 0) is 13.0 Å². The molecule has 3 aromatic rings. The van der Waals surface area contributed by atoms with Crippen LogP contribution in [0.5, 0.6) is 17.2 Å². The van der Waals surface area contributed by atoms with Crippen LogP contribution in [0, 0.1) is 15.9 Å². The van der Waals surface area contributed by atoms with Gasteiger partial charge in [-0.1, -0.05) is 43.3 Å². The monoisotopic (exact) mass is 367 g/mol. The Kier molecular flexibility index (Phi) is 5.66. The molecule has 0 bridgehead atoms. The number of benzene rings is 3. The van der Waals surface area contributed by atoms with Crippen molar-refractivity contribution in [2.75, 3.05) is 0 Å². The molecule has 0 atom stereocenters. The zero-order chi connectivity index (χ0) is 19.2. The van der Waals surface area contributed by atoms with E-state index in [9.17, 15) is 14.5 Å². The van der Waals surface area contributed by atoms with E-state index in [4.69, 9.17) is 9.47 Å². The molecule has 3 aromatic carbocycles. The van der Waals surface area contributed by atoms with Crippen LogP contribution >= 0.6 is 0 Å². The maximum atomic E-state index is 14.2. The third kappa shape index (κ3) is 4.61.